The number of hydrogen-bond acceptors (Lipinski definition) is 4. The Hall–Kier alpha value is -1.44. The smallest absolute Gasteiger partial charge is 0.399 e. The van der Waals surface area contributed by atoms with Crippen LogP contribution in [0.1, 0.15) is 27.7 Å². The summed E-state index contributed by atoms with van der Waals surface area (Å²) in [6, 6.07) is 8.45. The zero-order valence-electron chi connectivity index (χ0n) is 14.5. The predicted octanol–water partition coefficient (Wildman–Crippen LogP) is 2.36. The van der Waals surface area contributed by atoms with E-state index in [0.29, 0.717) is 0 Å². The van der Waals surface area contributed by atoms with Crippen molar-refractivity contribution in [3.63, 3.8) is 0 Å². The molecule has 0 amide bonds. The topological polar surface area (TPSA) is 45.5 Å². The van der Waals surface area contributed by atoms with E-state index in [2.05, 4.69) is 62.8 Å². The van der Waals surface area contributed by atoms with Crippen LogP contribution in [0.5, 0.6) is 0 Å². The second kappa shape index (κ2) is 5.88. The maximum atomic E-state index is 8.99. The number of nitrogens with zero attached hydrogens (tertiary/aromatic N) is 2. The van der Waals surface area contributed by atoms with E-state index in [1.807, 2.05) is 0 Å². The molecule has 0 atom stereocenters. The van der Waals surface area contributed by atoms with Crippen LogP contribution in [-0.2, 0) is 9.31 Å². The predicted molar refractivity (Wildman–Crippen MR) is 95.4 cm³/mol. The Labute approximate surface area is 140 Å². The zero-order valence-corrected chi connectivity index (χ0v) is 14.5. The summed E-state index contributed by atoms with van der Waals surface area (Å²) in [7, 11) is -0.307. The van der Waals surface area contributed by atoms with Gasteiger partial charge < -0.3 is 14.2 Å². The molecule has 0 aliphatic carbocycles. The van der Waals surface area contributed by atoms with Crippen LogP contribution in [0.3, 0.4) is 0 Å². The molecule has 2 aliphatic rings. The molecule has 0 N–H and O–H groups in total. The van der Waals surface area contributed by atoms with Crippen molar-refractivity contribution in [2.75, 3.05) is 18.0 Å². The van der Waals surface area contributed by atoms with Gasteiger partial charge in [-0.25, -0.2) is 5.26 Å². The molecule has 6 heteroatoms. The molecule has 2 saturated heterocycles. The van der Waals surface area contributed by atoms with Gasteiger partial charge in [-0.05, 0) is 57.9 Å². The standard InChI is InChI=1S/C17H24B2N2O2/c1-16(2)17(3,4)23-19(22-16)14-5-7-15(8-6-14)21-11-9-18(13-20)10-12-21/h5-8H,9-12H2,1-4H3. The molecule has 4 nitrogen and oxygen atoms in total. The third kappa shape index (κ3) is 3.13. The highest BCUT2D eigenvalue weighted by Crippen LogP contribution is 2.36. The van der Waals surface area contributed by atoms with Crippen molar-refractivity contribution in [1.82, 2.24) is 0 Å². The lowest BCUT2D eigenvalue weighted by Gasteiger charge is -2.32. The van der Waals surface area contributed by atoms with E-state index < -0.39 is 0 Å². The number of anilines is 1. The maximum absolute atomic E-state index is 8.99. The van der Waals surface area contributed by atoms with Gasteiger partial charge in [0.15, 0.2) is 0 Å². The van der Waals surface area contributed by atoms with Crippen LogP contribution in [0.4, 0.5) is 5.69 Å². The molecule has 0 unspecified atom stereocenters. The molecule has 2 fully saturated rings. The Kier molecular flexibility index (Phi) is 4.20. The summed E-state index contributed by atoms with van der Waals surface area (Å²) in [6.07, 6.45) is 1.91. The quantitative estimate of drug-likeness (QED) is 0.787. The van der Waals surface area contributed by atoms with Gasteiger partial charge in [0.25, 0.3) is 6.71 Å². The minimum atomic E-state index is -0.310. The SMILES string of the molecule is CC1(C)OB(c2ccc(N3CCB(C#N)CC3)cc2)OC1(C)C. The highest BCUT2D eigenvalue weighted by Gasteiger charge is 2.51. The molecule has 0 saturated carbocycles. The van der Waals surface area contributed by atoms with Gasteiger partial charge in [-0.3, -0.25) is 0 Å². The maximum Gasteiger partial charge on any atom is 0.494 e. The lowest BCUT2D eigenvalue weighted by atomic mass is 9.45. The summed E-state index contributed by atoms with van der Waals surface area (Å²) in [5, 5.41) is 8.99. The molecule has 0 bridgehead atoms. The summed E-state index contributed by atoms with van der Waals surface area (Å²) in [5.41, 5.74) is 1.64. The van der Waals surface area contributed by atoms with Gasteiger partial charge in [-0.15, -0.1) is 0 Å². The minimum absolute atomic E-state index is 0.218. The van der Waals surface area contributed by atoms with Gasteiger partial charge in [-0.2, -0.15) is 0 Å². The summed E-state index contributed by atoms with van der Waals surface area (Å²) in [5.74, 6) is 2.38. The van der Waals surface area contributed by atoms with Crippen LogP contribution < -0.4 is 10.4 Å². The number of nitriles is 1. The monoisotopic (exact) mass is 310 g/mol. The molecular formula is C17H24B2N2O2. The molecule has 2 aliphatic heterocycles. The molecule has 0 radical (unpaired) electrons. The first-order valence-corrected chi connectivity index (χ1v) is 8.42. The van der Waals surface area contributed by atoms with E-state index in [1.165, 1.54) is 5.69 Å². The Morgan fingerprint density at radius 2 is 1.52 bits per heavy atom. The van der Waals surface area contributed by atoms with Crippen molar-refractivity contribution >= 4 is 25.0 Å². The molecule has 2 heterocycles. The third-order valence-electron chi connectivity index (χ3n) is 5.46. The van der Waals surface area contributed by atoms with Crippen LogP contribution in [0, 0.1) is 11.2 Å². The lowest BCUT2D eigenvalue weighted by molar-refractivity contribution is 0.00578. The van der Waals surface area contributed by atoms with E-state index in [-0.39, 0.29) is 25.0 Å². The average molecular weight is 310 g/mol. The molecule has 0 spiro atoms. The van der Waals surface area contributed by atoms with E-state index in [4.69, 9.17) is 14.6 Å². The fraction of sp³-hybridized carbons (Fsp3) is 0.588. The van der Waals surface area contributed by atoms with Crippen molar-refractivity contribution in [1.29, 1.82) is 5.26 Å². The second-order valence-corrected chi connectivity index (χ2v) is 7.57. The molecule has 120 valence electrons. The molecule has 0 aromatic heterocycles. The Balaban J connectivity index is 1.68. The minimum Gasteiger partial charge on any atom is -0.399 e. The van der Waals surface area contributed by atoms with E-state index in [9.17, 15) is 0 Å². The van der Waals surface area contributed by atoms with Crippen LogP contribution in [0.25, 0.3) is 0 Å². The van der Waals surface area contributed by atoms with Gasteiger partial charge in [0.2, 0.25) is 0 Å². The first-order valence-electron chi connectivity index (χ1n) is 8.42. The molecule has 3 rings (SSSR count). The van der Waals surface area contributed by atoms with Gasteiger partial charge in [0.1, 0.15) is 0 Å². The van der Waals surface area contributed by atoms with Crippen molar-refractivity contribution in [2.45, 2.75) is 51.5 Å². The summed E-state index contributed by atoms with van der Waals surface area (Å²) in [4.78, 5) is 2.35. The van der Waals surface area contributed by atoms with Gasteiger partial charge >= 0.3 is 7.12 Å². The first kappa shape index (κ1) is 16.4. The van der Waals surface area contributed by atoms with Crippen molar-refractivity contribution < 1.29 is 9.31 Å². The van der Waals surface area contributed by atoms with Crippen molar-refractivity contribution in [3.8, 4) is 5.97 Å². The molecule has 23 heavy (non-hydrogen) atoms. The normalized spacial score (nSPS) is 23.0. The number of hydrogen-bond donors (Lipinski definition) is 0. The van der Waals surface area contributed by atoms with Crippen molar-refractivity contribution in [3.05, 3.63) is 24.3 Å². The average Bonchev–Trinajstić information content (AvgIpc) is 2.76. The largest absolute Gasteiger partial charge is 0.494 e. The fourth-order valence-electron chi connectivity index (χ4n) is 3.09. The Bertz CT molecular complexity index is 586. The first-order chi connectivity index (χ1) is 10.8. The van der Waals surface area contributed by atoms with Gasteiger partial charge in [0.05, 0.1) is 11.2 Å². The van der Waals surface area contributed by atoms with Crippen LogP contribution in [0.15, 0.2) is 24.3 Å². The molecular weight excluding hydrogens is 286 g/mol. The highest BCUT2D eigenvalue weighted by molar-refractivity contribution is 6.67. The summed E-state index contributed by atoms with van der Waals surface area (Å²) < 4.78 is 12.2. The van der Waals surface area contributed by atoms with Crippen molar-refractivity contribution in [2.24, 2.45) is 0 Å². The second-order valence-electron chi connectivity index (χ2n) is 7.57. The van der Waals surface area contributed by atoms with E-state index in [0.717, 1.165) is 31.2 Å². The van der Waals surface area contributed by atoms with Gasteiger partial charge in [-0.1, -0.05) is 12.1 Å². The van der Waals surface area contributed by atoms with E-state index >= 15 is 0 Å². The van der Waals surface area contributed by atoms with E-state index in [1.54, 1.807) is 0 Å². The lowest BCUT2D eigenvalue weighted by Crippen LogP contribution is -2.41. The third-order valence-corrected chi connectivity index (χ3v) is 5.46. The summed E-state index contributed by atoms with van der Waals surface area (Å²) in [6.45, 7) is 10.4. The van der Waals surface area contributed by atoms with Crippen LogP contribution in [-0.4, -0.2) is 38.1 Å². The zero-order chi connectivity index (χ0) is 16.7. The Morgan fingerprint density at radius 3 is 2.00 bits per heavy atom. The molecule has 1 aromatic carbocycles. The fourth-order valence-corrected chi connectivity index (χ4v) is 3.09. The number of rotatable bonds is 2. The Morgan fingerprint density at radius 1 is 1.00 bits per heavy atom. The van der Waals surface area contributed by atoms with Crippen LogP contribution >= 0.6 is 0 Å². The highest BCUT2D eigenvalue weighted by atomic mass is 16.7. The number of benzene rings is 1. The molecule has 1 aromatic rings. The van der Waals surface area contributed by atoms with Gasteiger partial charge in [0, 0.05) is 24.7 Å². The van der Waals surface area contributed by atoms with Crippen LogP contribution in [0.2, 0.25) is 12.6 Å². The summed E-state index contributed by atoms with van der Waals surface area (Å²) >= 11 is 0.